The summed E-state index contributed by atoms with van der Waals surface area (Å²) in [6, 6.07) is 5.55. The van der Waals surface area contributed by atoms with E-state index in [2.05, 4.69) is 11.9 Å². The maximum Gasteiger partial charge on any atom is 0.205 e. The first kappa shape index (κ1) is 10.4. The molecule has 0 amide bonds. The number of fused-ring (bicyclic) bond motifs is 1. The van der Waals surface area contributed by atoms with Crippen molar-refractivity contribution in [2.24, 2.45) is 0 Å². The molecule has 0 aliphatic rings. The van der Waals surface area contributed by atoms with E-state index < -0.39 is 0 Å². The van der Waals surface area contributed by atoms with Gasteiger partial charge in [0.1, 0.15) is 5.52 Å². The van der Waals surface area contributed by atoms with Gasteiger partial charge in [-0.3, -0.25) is 0 Å². The fraction of sp³-hybridized carbons (Fsp3) is 0.364. The molecular weight excluding hydrogens is 208 g/mol. The van der Waals surface area contributed by atoms with Gasteiger partial charge < -0.3 is 10.2 Å². The lowest BCUT2D eigenvalue weighted by Gasteiger charge is -1.92. The number of nitrogens with two attached hydrogens (primary N) is 1. The summed E-state index contributed by atoms with van der Waals surface area (Å²) in [5, 5.41) is 0. The van der Waals surface area contributed by atoms with Crippen LogP contribution in [0.4, 0.5) is 5.69 Å². The third-order valence-corrected chi connectivity index (χ3v) is 3.18. The minimum absolute atomic E-state index is 0.714. The molecule has 0 saturated carbocycles. The molecule has 2 aromatic rings. The lowest BCUT2D eigenvalue weighted by atomic mass is 10.3. The van der Waals surface area contributed by atoms with Gasteiger partial charge in [-0.15, -0.1) is 0 Å². The Morgan fingerprint density at radius 3 is 3.13 bits per heavy atom. The van der Waals surface area contributed by atoms with Crippen LogP contribution in [-0.2, 0) is 5.75 Å². The number of rotatable bonds is 4. The van der Waals surface area contributed by atoms with Gasteiger partial charge in [0.15, 0.2) is 5.58 Å². The van der Waals surface area contributed by atoms with Crippen LogP contribution in [0.5, 0.6) is 0 Å². The van der Waals surface area contributed by atoms with E-state index in [9.17, 15) is 0 Å². The highest BCUT2D eigenvalue weighted by Gasteiger charge is 2.05. The van der Waals surface area contributed by atoms with Crippen molar-refractivity contribution >= 4 is 28.5 Å². The predicted octanol–water partition coefficient (Wildman–Crippen LogP) is 3.05. The molecule has 0 bridgehead atoms. The van der Waals surface area contributed by atoms with Crippen LogP contribution in [0.25, 0.3) is 11.1 Å². The van der Waals surface area contributed by atoms with Crippen LogP contribution < -0.4 is 5.73 Å². The molecule has 0 saturated heterocycles. The van der Waals surface area contributed by atoms with Gasteiger partial charge in [0.2, 0.25) is 5.89 Å². The first-order valence-electron chi connectivity index (χ1n) is 5.02. The SMILES string of the molecule is CCCSCc1nc2ccc(N)cc2o1. The molecule has 0 radical (unpaired) electrons. The Balaban J connectivity index is 2.16. The van der Waals surface area contributed by atoms with E-state index in [0.717, 1.165) is 28.5 Å². The van der Waals surface area contributed by atoms with Crippen molar-refractivity contribution < 1.29 is 4.42 Å². The third-order valence-electron chi connectivity index (χ3n) is 2.03. The van der Waals surface area contributed by atoms with Crippen molar-refractivity contribution in [2.45, 2.75) is 19.1 Å². The Bertz CT molecular complexity index is 453. The van der Waals surface area contributed by atoms with Gasteiger partial charge in [0, 0.05) is 11.8 Å². The molecule has 0 aliphatic heterocycles. The van der Waals surface area contributed by atoms with Crippen molar-refractivity contribution in [3.63, 3.8) is 0 Å². The Morgan fingerprint density at radius 2 is 2.33 bits per heavy atom. The van der Waals surface area contributed by atoms with Crippen LogP contribution >= 0.6 is 11.8 Å². The van der Waals surface area contributed by atoms with Gasteiger partial charge in [-0.25, -0.2) is 4.98 Å². The largest absolute Gasteiger partial charge is 0.440 e. The monoisotopic (exact) mass is 222 g/mol. The number of anilines is 1. The van der Waals surface area contributed by atoms with Crippen LogP contribution in [0, 0.1) is 0 Å². The van der Waals surface area contributed by atoms with E-state index in [-0.39, 0.29) is 0 Å². The number of thioether (sulfide) groups is 1. The quantitative estimate of drug-likeness (QED) is 0.638. The minimum atomic E-state index is 0.714. The minimum Gasteiger partial charge on any atom is -0.440 e. The molecule has 1 heterocycles. The fourth-order valence-corrected chi connectivity index (χ4v) is 2.09. The Morgan fingerprint density at radius 1 is 1.47 bits per heavy atom. The molecule has 3 nitrogen and oxygen atoms in total. The summed E-state index contributed by atoms with van der Waals surface area (Å²) in [6.45, 7) is 2.17. The van der Waals surface area contributed by atoms with E-state index in [0.29, 0.717) is 5.69 Å². The Hall–Kier alpha value is -1.16. The molecule has 0 fully saturated rings. The summed E-state index contributed by atoms with van der Waals surface area (Å²) in [5.41, 5.74) is 8.04. The lowest BCUT2D eigenvalue weighted by molar-refractivity contribution is 0.556. The van der Waals surface area contributed by atoms with E-state index in [1.165, 1.54) is 6.42 Å². The zero-order valence-corrected chi connectivity index (χ0v) is 9.51. The Kier molecular flexibility index (Phi) is 3.16. The van der Waals surface area contributed by atoms with Crippen LogP contribution in [0.15, 0.2) is 22.6 Å². The summed E-state index contributed by atoms with van der Waals surface area (Å²) >= 11 is 1.84. The molecular formula is C11H14N2OS. The summed E-state index contributed by atoms with van der Waals surface area (Å²) < 4.78 is 5.58. The summed E-state index contributed by atoms with van der Waals surface area (Å²) in [6.07, 6.45) is 1.18. The number of hydrogen-bond donors (Lipinski definition) is 1. The molecule has 4 heteroatoms. The maximum absolute atomic E-state index is 5.66. The zero-order chi connectivity index (χ0) is 10.7. The molecule has 1 aromatic carbocycles. The van der Waals surface area contributed by atoms with Crippen molar-refractivity contribution in [1.82, 2.24) is 4.98 Å². The van der Waals surface area contributed by atoms with E-state index >= 15 is 0 Å². The summed E-state index contributed by atoms with van der Waals surface area (Å²) in [7, 11) is 0. The standard InChI is InChI=1S/C11H14N2OS/c1-2-5-15-7-11-13-9-4-3-8(12)6-10(9)14-11/h3-4,6H,2,5,7,12H2,1H3. The van der Waals surface area contributed by atoms with E-state index in [4.69, 9.17) is 10.2 Å². The molecule has 1 aromatic heterocycles. The number of nitrogens with zero attached hydrogens (tertiary/aromatic N) is 1. The predicted molar refractivity (Wildman–Crippen MR) is 64.9 cm³/mol. The Labute approximate surface area is 93.0 Å². The zero-order valence-electron chi connectivity index (χ0n) is 8.69. The highest BCUT2D eigenvalue weighted by Crippen LogP contribution is 2.21. The van der Waals surface area contributed by atoms with E-state index in [1.807, 2.05) is 30.0 Å². The number of hydrogen-bond acceptors (Lipinski definition) is 4. The second-order valence-corrected chi connectivity index (χ2v) is 4.49. The molecule has 0 spiro atoms. The second kappa shape index (κ2) is 4.57. The van der Waals surface area contributed by atoms with Crippen LogP contribution in [-0.4, -0.2) is 10.7 Å². The van der Waals surface area contributed by atoms with Gasteiger partial charge in [0.05, 0.1) is 5.75 Å². The maximum atomic E-state index is 5.66. The summed E-state index contributed by atoms with van der Waals surface area (Å²) in [4.78, 5) is 4.38. The molecule has 0 unspecified atom stereocenters. The summed E-state index contributed by atoms with van der Waals surface area (Å²) in [5.74, 6) is 2.76. The molecule has 2 rings (SSSR count). The normalized spacial score (nSPS) is 11.0. The fourth-order valence-electron chi connectivity index (χ4n) is 1.35. The molecule has 2 N–H and O–H groups in total. The van der Waals surface area contributed by atoms with E-state index in [1.54, 1.807) is 0 Å². The third kappa shape index (κ3) is 2.45. The first-order valence-corrected chi connectivity index (χ1v) is 6.17. The van der Waals surface area contributed by atoms with Gasteiger partial charge in [-0.2, -0.15) is 11.8 Å². The van der Waals surface area contributed by atoms with Crippen molar-refractivity contribution in [3.8, 4) is 0 Å². The van der Waals surface area contributed by atoms with Gasteiger partial charge in [0.25, 0.3) is 0 Å². The topological polar surface area (TPSA) is 52.0 Å². The smallest absolute Gasteiger partial charge is 0.205 e. The van der Waals surface area contributed by atoms with Gasteiger partial charge in [-0.1, -0.05) is 6.92 Å². The second-order valence-electron chi connectivity index (χ2n) is 3.39. The van der Waals surface area contributed by atoms with Crippen LogP contribution in [0.3, 0.4) is 0 Å². The van der Waals surface area contributed by atoms with Crippen molar-refractivity contribution in [3.05, 3.63) is 24.1 Å². The van der Waals surface area contributed by atoms with Crippen LogP contribution in [0.2, 0.25) is 0 Å². The van der Waals surface area contributed by atoms with Gasteiger partial charge >= 0.3 is 0 Å². The van der Waals surface area contributed by atoms with Crippen molar-refractivity contribution in [2.75, 3.05) is 11.5 Å². The number of nitrogen functional groups attached to an aromatic ring is 1. The molecule has 80 valence electrons. The lowest BCUT2D eigenvalue weighted by Crippen LogP contribution is -1.82. The van der Waals surface area contributed by atoms with Crippen LogP contribution in [0.1, 0.15) is 19.2 Å². The highest BCUT2D eigenvalue weighted by molar-refractivity contribution is 7.98. The molecule has 0 aliphatic carbocycles. The average molecular weight is 222 g/mol. The average Bonchev–Trinajstić information content (AvgIpc) is 2.60. The number of aromatic nitrogens is 1. The number of oxazole rings is 1. The van der Waals surface area contributed by atoms with Crippen molar-refractivity contribution in [1.29, 1.82) is 0 Å². The number of benzene rings is 1. The van der Waals surface area contributed by atoms with Gasteiger partial charge in [-0.05, 0) is 24.3 Å². The molecule has 0 atom stereocenters. The first-order chi connectivity index (χ1) is 7.29. The molecule has 15 heavy (non-hydrogen) atoms. The highest BCUT2D eigenvalue weighted by atomic mass is 32.2.